The highest BCUT2D eigenvalue weighted by atomic mass is 19.4. The third kappa shape index (κ3) is 2.72. The lowest BCUT2D eigenvalue weighted by molar-refractivity contribution is -0.297. The Morgan fingerprint density at radius 2 is 2.00 bits per heavy atom. The second-order valence-electron chi connectivity index (χ2n) is 6.50. The van der Waals surface area contributed by atoms with Crippen molar-refractivity contribution in [2.75, 3.05) is 0 Å². The molecule has 0 aromatic carbocycles. The summed E-state index contributed by atoms with van der Waals surface area (Å²) in [5, 5.41) is 14.4. The molecule has 1 fully saturated rings. The van der Waals surface area contributed by atoms with Gasteiger partial charge in [0.15, 0.2) is 0 Å². The van der Waals surface area contributed by atoms with E-state index < -0.39 is 24.2 Å². The van der Waals surface area contributed by atoms with Crippen LogP contribution in [0.2, 0.25) is 0 Å². The molecule has 1 unspecified atom stereocenters. The number of hydrogen-bond donors (Lipinski definition) is 1. The van der Waals surface area contributed by atoms with E-state index in [9.17, 15) is 23.1 Å². The number of furan rings is 1. The zero-order valence-electron chi connectivity index (χ0n) is 13.3. The fourth-order valence-corrected chi connectivity index (χ4v) is 3.36. The highest BCUT2D eigenvalue weighted by Gasteiger charge is 2.63. The lowest BCUT2D eigenvalue weighted by Crippen LogP contribution is -2.56. The predicted octanol–water partition coefficient (Wildman–Crippen LogP) is 3.62. The minimum atomic E-state index is -5.00. The molecule has 1 aliphatic heterocycles. The standard InChI is InChI=1S/C16H19F3N2O3/c1-10-8-24-9-12(10)14(22)21-15(23,16(17,18)19)7-13(20-21)11-5-3-2-4-6-11/h8-9,11,23H,2-7H2,1H3. The van der Waals surface area contributed by atoms with Crippen molar-refractivity contribution in [3.63, 3.8) is 0 Å². The molecule has 1 atom stereocenters. The van der Waals surface area contributed by atoms with E-state index in [2.05, 4.69) is 5.10 Å². The van der Waals surface area contributed by atoms with Crippen molar-refractivity contribution < 1.29 is 27.5 Å². The van der Waals surface area contributed by atoms with E-state index >= 15 is 0 Å². The van der Waals surface area contributed by atoms with E-state index in [-0.39, 0.29) is 22.2 Å². The molecule has 0 spiro atoms. The molecule has 1 amide bonds. The zero-order valence-corrected chi connectivity index (χ0v) is 13.3. The molecule has 1 aromatic rings. The number of amides is 1. The van der Waals surface area contributed by atoms with Gasteiger partial charge < -0.3 is 9.52 Å². The summed E-state index contributed by atoms with van der Waals surface area (Å²) in [5.41, 5.74) is -2.69. The topological polar surface area (TPSA) is 66.0 Å². The fourth-order valence-electron chi connectivity index (χ4n) is 3.36. The average Bonchev–Trinajstić information content (AvgIpc) is 3.11. The molecule has 0 bridgehead atoms. The van der Waals surface area contributed by atoms with E-state index in [4.69, 9.17) is 4.42 Å². The quantitative estimate of drug-likeness (QED) is 0.891. The molecule has 2 heterocycles. The van der Waals surface area contributed by atoms with E-state index in [0.29, 0.717) is 5.56 Å². The minimum absolute atomic E-state index is 0.0358. The van der Waals surface area contributed by atoms with Crippen LogP contribution in [-0.2, 0) is 0 Å². The summed E-state index contributed by atoms with van der Waals surface area (Å²) >= 11 is 0. The maximum absolute atomic E-state index is 13.5. The molecule has 132 valence electrons. The van der Waals surface area contributed by atoms with Crippen LogP contribution < -0.4 is 0 Å². The molecular weight excluding hydrogens is 325 g/mol. The van der Waals surface area contributed by atoms with Crippen LogP contribution in [0.4, 0.5) is 13.2 Å². The van der Waals surface area contributed by atoms with Gasteiger partial charge >= 0.3 is 6.18 Å². The van der Waals surface area contributed by atoms with Crippen LogP contribution in [0.1, 0.15) is 54.4 Å². The van der Waals surface area contributed by atoms with Gasteiger partial charge in [-0.05, 0) is 25.7 Å². The normalized spacial score (nSPS) is 25.9. The van der Waals surface area contributed by atoms with E-state index in [1.807, 2.05) is 0 Å². The van der Waals surface area contributed by atoms with Gasteiger partial charge in [-0.15, -0.1) is 0 Å². The van der Waals surface area contributed by atoms with Gasteiger partial charge in [-0.25, -0.2) is 0 Å². The van der Waals surface area contributed by atoms with E-state index in [1.165, 1.54) is 6.26 Å². The van der Waals surface area contributed by atoms with Crippen LogP contribution in [-0.4, -0.2) is 33.6 Å². The molecule has 2 aliphatic rings. The molecule has 1 aliphatic carbocycles. The molecule has 0 radical (unpaired) electrons. The van der Waals surface area contributed by atoms with Gasteiger partial charge in [0, 0.05) is 17.7 Å². The first kappa shape index (κ1) is 17.0. The van der Waals surface area contributed by atoms with Crippen molar-refractivity contribution >= 4 is 11.6 Å². The summed E-state index contributed by atoms with van der Waals surface area (Å²) in [6.45, 7) is 1.55. The third-order valence-electron chi connectivity index (χ3n) is 4.82. The van der Waals surface area contributed by atoms with Gasteiger partial charge in [0.2, 0.25) is 0 Å². The molecule has 0 saturated heterocycles. The number of alkyl halides is 3. The Morgan fingerprint density at radius 3 is 2.54 bits per heavy atom. The number of carbonyl (C=O) groups is 1. The molecular formula is C16H19F3N2O3. The van der Waals surface area contributed by atoms with Crippen molar-refractivity contribution in [3.8, 4) is 0 Å². The van der Waals surface area contributed by atoms with Gasteiger partial charge in [-0.1, -0.05) is 19.3 Å². The molecule has 1 aromatic heterocycles. The first-order valence-electron chi connectivity index (χ1n) is 7.98. The first-order valence-corrected chi connectivity index (χ1v) is 7.98. The second kappa shape index (κ2) is 5.91. The number of carbonyl (C=O) groups excluding carboxylic acids is 1. The summed E-state index contributed by atoms with van der Waals surface area (Å²) in [7, 11) is 0. The Labute approximate surface area is 137 Å². The number of aliphatic hydroxyl groups is 1. The number of halogens is 3. The Balaban J connectivity index is 1.96. The first-order chi connectivity index (χ1) is 11.2. The molecule has 1 N–H and O–H groups in total. The summed E-state index contributed by atoms with van der Waals surface area (Å²) < 4.78 is 45.4. The monoisotopic (exact) mass is 344 g/mol. The predicted molar refractivity (Wildman–Crippen MR) is 79.2 cm³/mol. The Morgan fingerprint density at radius 1 is 1.33 bits per heavy atom. The molecule has 24 heavy (non-hydrogen) atoms. The van der Waals surface area contributed by atoms with Crippen molar-refractivity contribution in [2.45, 2.75) is 57.3 Å². The van der Waals surface area contributed by atoms with Crippen molar-refractivity contribution in [2.24, 2.45) is 11.0 Å². The Bertz CT molecular complexity index is 662. The molecule has 1 saturated carbocycles. The molecule has 3 rings (SSSR count). The van der Waals surface area contributed by atoms with Crippen LogP contribution in [0.25, 0.3) is 0 Å². The lowest BCUT2D eigenvalue weighted by atomic mass is 9.83. The second-order valence-corrected chi connectivity index (χ2v) is 6.50. The van der Waals surface area contributed by atoms with Crippen LogP contribution in [0.15, 0.2) is 22.0 Å². The smallest absolute Gasteiger partial charge is 0.438 e. The summed E-state index contributed by atoms with van der Waals surface area (Å²) in [6.07, 6.45) is 1.00. The van der Waals surface area contributed by atoms with Gasteiger partial charge in [-0.3, -0.25) is 4.79 Å². The van der Waals surface area contributed by atoms with Gasteiger partial charge in [0.25, 0.3) is 11.6 Å². The summed E-state index contributed by atoms with van der Waals surface area (Å²) in [4.78, 5) is 12.5. The number of hydrogen-bond acceptors (Lipinski definition) is 4. The van der Waals surface area contributed by atoms with E-state index in [0.717, 1.165) is 38.4 Å². The van der Waals surface area contributed by atoms with Gasteiger partial charge in [-0.2, -0.15) is 23.3 Å². The molecule has 8 heteroatoms. The largest absolute Gasteiger partial charge is 0.471 e. The Kier molecular flexibility index (Phi) is 4.19. The summed E-state index contributed by atoms with van der Waals surface area (Å²) in [6, 6.07) is 0. The Hall–Kier alpha value is -1.83. The lowest BCUT2D eigenvalue weighted by Gasteiger charge is -2.32. The summed E-state index contributed by atoms with van der Waals surface area (Å²) in [5.74, 6) is -1.12. The third-order valence-corrected chi connectivity index (χ3v) is 4.82. The average molecular weight is 344 g/mol. The highest BCUT2D eigenvalue weighted by Crippen LogP contribution is 2.43. The minimum Gasteiger partial charge on any atom is -0.471 e. The van der Waals surface area contributed by atoms with Gasteiger partial charge in [0.05, 0.1) is 11.8 Å². The number of aryl methyl sites for hydroxylation is 1. The highest BCUT2D eigenvalue weighted by molar-refractivity contribution is 5.99. The maximum Gasteiger partial charge on any atom is 0.438 e. The molecule has 5 nitrogen and oxygen atoms in total. The van der Waals surface area contributed by atoms with Crippen molar-refractivity contribution in [3.05, 3.63) is 23.7 Å². The van der Waals surface area contributed by atoms with Crippen molar-refractivity contribution in [1.29, 1.82) is 0 Å². The number of nitrogens with zero attached hydrogens (tertiary/aromatic N) is 2. The number of rotatable bonds is 2. The van der Waals surface area contributed by atoms with Crippen LogP contribution in [0.5, 0.6) is 0 Å². The van der Waals surface area contributed by atoms with E-state index in [1.54, 1.807) is 6.92 Å². The van der Waals surface area contributed by atoms with Crippen LogP contribution >= 0.6 is 0 Å². The van der Waals surface area contributed by atoms with Crippen LogP contribution in [0.3, 0.4) is 0 Å². The van der Waals surface area contributed by atoms with Gasteiger partial charge in [0.1, 0.15) is 6.26 Å². The van der Waals surface area contributed by atoms with Crippen LogP contribution in [0, 0.1) is 12.8 Å². The number of hydrazone groups is 1. The maximum atomic E-state index is 13.5. The SMILES string of the molecule is Cc1cocc1C(=O)N1N=C(C2CCCCC2)CC1(O)C(F)(F)F. The van der Waals surface area contributed by atoms with Crippen molar-refractivity contribution in [1.82, 2.24) is 5.01 Å². The zero-order chi connectivity index (χ0) is 17.5. The fraction of sp³-hybridized carbons (Fsp3) is 0.625.